The van der Waals surface area contributed by atoms with Gasteiger partial charge >= 0.3 is 5.97 Å². The van der Waals surface area contributed by atoms with Crippen LogP contribution in [-0.4, -0.2) is 13.1 Å². The van der Waals surface area contributed by atoms with E-state index in [2.05, 4.69) is 12.1 Å². The van der Waals surface area contributed by atoms with E-state index in [0.29, 0.717) is 11.8 Å². The van der Waals surface area contributed by atoms with Gasteiger partial charge in [-0.3, -0.25) is 4.79 Å². The zero-order valence-corrected chi connectivity index (χ0v) is 10.2. The maximum absolute atomic E-state index is 12.2. The SMILES string of the molecule is COC(=O)C1(c2ccccc2)[C@@H]2CCCC[C@@H]21. The molecule has 0 radical (unpaired) electrons. The smallest absolute Gasteiger partial charge is 0.316 e. The predicted octanol–water partition coefficient (Wildman–Crippen LogP) is 2.92. The number of ether oxygens (including phenoxy) is 1. The predicted molar refractivity (Wildman–Crippen MR) is 65.6 cm³/mol. The fraction of sp³-hybridized carbons (Fsp3) is 0.533. The van der Waals surface area contributed by atoms with Crippen molar-refractivity contribution in [3.63, 3.8) is 0 Å². The van der Waals surface area contributed by atoms with Crippen LogP contribution >= 0.6 is 0 Å². The Morgan fingerprint density at radius 2 is 1.76 bits per heavy atom. The number of methoxy groups -OCH3 is 1. The molecule has 2 saturated carbocycles. The van der Waals surface area contributed by atoms with Crippen LogP contribution in [0.1, 0.15) is 31.2 Å². The average Bonchev–Trinajstić information content (AvgIpc) is 3.09. The maximum Gasteiger partial charge on any atom is 0.316 e. The summed E-state index contributed by atoms with van der Waals surface area (Å²) in [5.74, 6) is 1.01. The van der Waals surface area contributed by atoms with E-state index >= 15 is 0 Å². The lowest BCUT2D eigenvalue weighted by molar-refractivity contribution is -0.144. The van der Waals surface area contributed by atoms with Crippen LogP contribution in [0.4, 0.5) is 0 Å². The van der Waals surface area contributed by atoms with Crippen LogP contribution in [-0.2, 0) is 14.9 Å². The van der Waals surface area contributed by atoms with Gasteiger partial charge in [0.2, 0.25) is 0 Å². The van der Waals surface area contributed by atoms with E-state index in [1.165, 1.54) is 32.8 Å². The molecule has 0 aromatic heterocycles. The molecular weight excluding hydrogens is 212 g/mol. The Morgan fingerprint density at radius 3 is 2.29 bits per heavy atom. The summed E-state index contributed by atoms with van der Waals surface area (Å²) in [4.78, 5) is 12.2. The summed E-state index contributed by atoms with van der Waals surface area (Å²) in [7, 11) is 1.51. The summed E-state index contributed by atoms with van der Waals surface area (Å²) in [6, 6.07) is 10.2. The number of benzene rings is 1. The molecule has 17 heavy (non-hydrogen) atoms. The normalized spacial score (nSPS) is 34.9. The van der Waals surface area contributed by atoms with Gasteiger partial charge in [0, 0.05) is 0 Å². The molecule has 0 aliphatic heterocycles. The standard InChI is InChI=1S/C15H18O2/c1-17-14(16)15(11-7-3-2-4-8-11)12-9-5-6-10-13(12)15/h2-4,7-8,12-13H,5-6,9-10H2,1H3/t12-,13+,15?. The van der Waals surface area contributed by atoms with Gasteiger partial charge in [-0.05, 0) is 30.2 Å². The van der Waals surface area contributed by atoms with Crippen LogP contribution in [0.2, 0.25) is 0 Å². The van der Waals surface area contributed by atoms with Crippen molar-refractivity contribution in [2.75, 3.05) is 7.11 Å². The van der Waals surface area contributed by atoms with E-state index in [-0.39, 0.29) is 11.4 Å². The maximum atomic E-state index is 12.2. The number of esters is 1. The molecule has 0 bridgehead atoms. The molecule has 0 heterocycles. The highest BCUT2D eigenvalue weighted by molar-refractivity contribution is 5.88. The largest absolute Gasteiger partial charge is 0.468 e. The third-order valence-electron chi connectivity index (χ3n) is 4.60. The van der Waals surface area contributed by atoms with Crippen molar-refractivity contribution in [1.29, 1.82) is 0 Å². The summed E-state index contributed by atoms with van der Waals surface area (Å²) in [6.07, 6.45) is 4.86. The van der Waals surface area contributed by atoms with Crippen molar-refractivity contribution in [2.24, 2.45) is 11.8 Å². The van der Waals surface area contributed by atoms with Gasteiger partial charge in [-0.2, -0.15) is 0 Å². The molecule has 2 heteroatoms. The van der Waals surface area contributed by atoms with Gasteiger partial charge in [-0.1, -0.05) is 43.2 Å². The van der Waals surface area contributed by atoms with Crippen LogP contribution in [0.3, 0.4) is 0 Å². The van der Waals surface area contributed by atoms with Gasteiger partial charge in [0.25, 0.3) is 0 Å². The molecular formula is C15H18O2. The van der Waals surface area contributed by atoms with E-state index in [0.717, 1.165) is 5.56 Å². The Hall–Kier alpha value is -1.31. The van der Waals surface area contributed by atoms with Gasteiger partial charge < -0.3 is 4.74 Å². The first-order valence-electron chi connectivity index (χ1n) is 6.45. The van der Waals surface area contributed by atoms with Crippen LogP contribution in [0, 0.1) is 11.8 Å². The zero-order chi connectivity index (χ0) is 11.9. The molecule has 3 rings (SSSR count). The Kier molecular flexibility index (Phi) is 2.46. The van der Waals surface area contributed by atoms with Gasteiger partial charge in [0.15, 0.2) is 0 Å². The molecule has 0 amide bonds. The molecule has 2 nitrogen and oxygen atoms in total. The number of hydrogen-bond donors (Lipinski definition) is 0. The van der Waals surface area contributed by atoms with Crippen LogP contribution in [0.15, 0.2) is 30.3 Å². The summed E-state index contributed by atoms with van der Waals surface area (Å²) in [6.45, 7) is 0. The van der Waals surface area contributed by atoms with Crippen molar-refractivity contribution >= 4 is 5.97 Å². The molecule has 1 aromatic rings. The summed E-state index contributed by atoms with van der Waals surface area (Å²) < 4.78 is 5.08. The summed E-state index contributed by atoms with van der Waals surface area (Å²) in [5, 5.41) is 0. The van der Waals surface area contributed by atoms with E-state index < -0.39 is 0 Å². The van der Waals surface area contributed by atoms with Gasteiger partial charge in [-0.15, -0.1) is 0 Å². The molecule has 1 aromatic carbocycles. The lowest BCUT2D eigenvalue weighted by atomic mass is 9.91. The first kappa shape index (κ1) is 10.8. The second-order valence-electron chi connectivity index (χ2n) is 5.22. The van der Waals surface area contributed by atoms with Crippen molar-refractivity contribution < 1.29 is 9.53 Å². The monoisotopic (exact) mass is 230 g/mol. The molecule has 2 aliphatic rings. The number of carbonyl (C=O) groups is 1. The third kappa shape index (κ3) is 1.36. The molecule has 3 atom stereocenters. The van der Waals surface area contributed by atoms with Gasteiger partial charge in [0.1, 0.15) is 0 Å². The fourth-order valence-electron chi connectivity index (χ4n) is 3.86. The minimum atomic E-state index is -0.313. The molecule has 90 valence electrons. The lowest BCUT2D eigenvalue weighted by Gasteiger charge is -2.15. The van der Waals surface area contributed by atoms with Crippen molar-refractivity contribution in [3.8, 4) is 0 Å². The molecule has 2 aliphatic carbocycles. The minimum Gasteiger partial charge on any atom is -0.468 e. The lowest BCUT2D eigenvalue weighted by Crippen LogP contribution is -2.26. The van der Waals surface area contributed by atoms with Crippen molar-refractivity contribution in [1.82, 2.24) is 0 Å². The highest BCUT2D eigenvalue weighted by Crippen LogP contribution is 2.66. The van der Waals surface area contributed by atoms with Crippen LogP contribution < -0.4 is 0 Å². The van der Waals surface area contributed by atoms with E-state index in [9.17, 15) is 4.79 Å². The van der Waals surface area contributed by atoms with Gasteiger partial charge in [0.05, 0.1) is 12.5 Å². The highest BCUT2D eigenvalue weighted by Gasteiger charge is 2.70. The zero-order valence-electron chi connectivity index (χ0n) is 10.2. The highest BCUT2D eigenvalue weighted by atomic mass is 16.5. The summed E-state index contributed by atoms with van der Waals surface area (Å²) in [5.41, 5.74) is 0.843. The Balaban J connectivity index is 2.02. The van der Waals surface area contributed by atoms with Crippen LogP contribution in [0.5, 0.6) is 0 Å². The second kappa shape index (κ2) is 3.86. The molecule has 0 spiro atoms. The van der Waals surface area contributed by atoms with E-state index in [4.69, 9.17) is 4.74 Å². The molecule has 0 N–H and O–H groups in total. The quantitative estimate of drug-likeness (QED) is 0.730. The molecule has 0 saturated heterocycles. The van der Waals surface area contributed by atoms with Crippen LogP contribution in [0.25, 0.3) is 0 Å². The van der Waals surface area contributed by atoms with Crippen molar-refractivity contribution in [3.05, 3.63) is 35.9 Å². The Bertz CT molecular complexity index is 412. The fourth-order valence-corrected chi connectivity index (χ4v) is 3.86. The number of rotatable bonds is 2. The average molecular weight is 230 g/mol. The van der Waals surface area contributed by atoms with Crippen molar-refractivity contribution in [2.45, 2.75) is 31.1 Å². The number of hydrogen-bond acceptors (Lipinski definition) is 2. The number of carbonyl (C=O) groups excluding carboxylic acids is 1. The number of fused-ring (bicyclic) bond motifs is 1. The Morgan fingerprint density at radius 1 is 1.18 bits per heavy atom. The third-order valence-corrected chi connectivity index (χ3v) is 4.60. The first-order chi connectivity index (χ1) is 8.31. The van der Waals surface area contributed by atoms with Gasteiger partial charge in [-0.25, -0.2) is 0 Å². The van der Waals surface area contributed by atoms with E-state index in [1.54, 1.807) is 0 Å². The Labute approximate surface area is 102 Å². The second-order valence-corrected chi connectivity index (χ2v) is 5.22. The topological polar surface area (TPSA) is 26.3 Å². The first-order valence-corrected chi connectivity index (χ1v) is 6.45. The summed E-state index contributed by atoms with van der Waals surface area (Å²) >= 11 is 0. The molecule has 2 fully saturated rings. The van der Waals surface area contributed by atoms with E-state index in [1.807, 2.05) is 18.2 Å². The minimum absolute atomic E-state index is 0.0272. The molecule has 1 unspecified atom stereocenters.